The van der Waals surface area contributed by atoms with E-state index in [1.54, 1.807) is 23.5 Å². The molecule has 8 bridgehead atoms. The van der Waals surface area contributed by atoms with Crippen LogP contribution in [0.4, 0.5) is 0 Å². The second-order valence-corrected chi connectivity index (χ2v) is 14.3. The second kappa shape index (κ2) is 13.0. The van der Waals surface area contributed by atoms with Gasteiger partial charge in [-0.05, 0) is 55.0 Å². The predicted molar refractivity (Wildman–Crippen MR) is 192 cm³/mol. The highest BCUT2D eigenvalue weighted by Crippen LogP contribution is 2.43. The maximum atomic E-state index is 13.3. The molecular weight excluding hydrogens is 650 g/mol. The standard InChI is InChI=1S/C36H36ClN5O3S2/c1-21-32-30(39-41(21)3)20-46-18-23-16-24(42(4)38-23)19-47-25-15-22-9-6-7-10-26(22)31(17-25)45-14-8-11-27-28-12-13-29(37)33(32)34(28)40(2)35(27)36(43)44-5/h6-7,9-10,12-13,15-17H,8,11,14,18-20H2,1-5H3. The fourth-order valence-electron chi connectivity index (χ4n) is 6.62. The number of fused-ring (bicyclic) bond motifs is 8. The molecular formula is C36H36ClN5O3S2. The van der Waals surface area contributed by atoms with Gasteiger partial charge in [-0.1, -0.05) is 41.9 Å². The Labute approximate surface area is 287 Å². The summed E-state index contributed by atoms with van der Waals surface area (Å²) in [5.74, 6) is 2.71. The average Bonchev–Trinajstić information content (AvgIpc) is 3.66. The average molecular weight is 686 g/mol. The second-order valence-electron chi connectivity index (χ2n) is 11.9. The molecule has 1 aliphatic heterocycles. The molecule has 0 saturated heterocycles. The number of aryl methyl sites for hydroxylation is 4. The Kier molecular flexibility index (Phi) is 8.76. The predicted octanol–water partition coefficient (Wildman–Crippen LogP) is 8.26. The molecule has 242 valence electrons. The van der Waals surface area contributed by atoms with Gasteiger partial charge in [0.25, 0.3) is 0 Å². The van der Waals surface area contributed by atoms with Crippen LogP contribution in [-0.4, -0.2) is 43.8 Å². The van der Waals surface area contributed by atoms with Crippen molar-refractivity contribution in [2.75, 3.05) is 13.7 Å². The third-order valence-electron chi connectivity index (χ3n) is 8.97. The molecule has 0 atom stereocenters. The van der Waals surface area contributed by atoms with E-state index in [0.29, 0.717) is 35.9 Å². The number of aromatic nitrogens is 5. The Hall–Kier alpha value is -3.86. The van der Waals surface area contributed by atoms with Gasteiger partial charge in [-0.25, -0.2) is 4.79 Å². The summed E-state index contributed by atoms with van der Waals surface area (Å²) in [5, 5.41) is 13.6. The summed E-state index contributed by atoms with van der Waals surface area (Å²) in [6.07, 6.45) is 1.34. The van der Waals surface area contributed by atoms with E-state index in [2.05, 4.69) is 43.3 Å². The molecule has 0 saturated carbocycles. The molecule has 0 radical (unpaired) electrons. The topological polar surface area (TPSA) is 76.1 Å². The molecule has 8 nitrogen and oxygen atoms in total. The van der Waals surface area contributed by atoms with Crippen molar-refractivity contribution in [1.82, 2.24) is 24.1 Å². The lowest BCUT2D eigenvalue weighted by atomic mass is 9.98. The summed E-state index contributed by atoms with van der Waals surface area (Å²) < 4.78 is 17.6. The van der Waals surface area contributed by atoms with Crippen LogP contribution in [0.1, 0.15) is 45.2 Å². The fraction of sp³-hybridized carbons (Fsp3) is 0.306. The molecule has 0 amide bonds. The first kappa shape index (κ1) is 31.7. The van der Waals surface area contributed by atoms with Gasteiger partial charge >= 0.3 is 5.97 Å². The number of rotatable bonds is 1. The molecule has 0 N–H and O–H groups in total. The number of carbonyl (C=O) groups is 1. The van der Waals surface area contributed by atoms with Gasteiger partial charge in [-0.2, -0.15) is 10.2 Å². The summed E-state index contributed by atoms with van der Waals surface area (Å²) in [7, 11) is 7.32. The zero-order valence-electron chi connectivity index (χ0n) is 27.1. The van der Waals surface area contributed by atoms with E-state index in [-0.39, 0.29) is 5.97 Å². The van der Waals surface area contributed by atoms with Crippen LogP contribution in [0.15, 0.2) is 59.5 Å². The normalized spacial score (nSPS) is 14.2. The minimum Gasteiger partial charge on any atom is -0.493 e. The smallest absolute Gasteiger partial charge is 0.354 e. The van der Waals surface area contributed by atoms with E-state index >= 15 is 0 Å². The van der Waals surface area contributed by atoms with Gasteiger partial charge < -0.3 is 14.0 Å². The van der Waals surface area contributed by atoms with Gasteiger partial charge in [-0.3, -0.25) is 9.36 Å². The van der Waals surface area contributed by atoms with Crippen LogP contribution in [0, 0.1) is 6.92 Å². The van der Waals surface area contributed by atoms with Crippen LogP contribution >= 0.6 is 35.1 Å². The lowest BCUT2D eigenvalue weighted by Crippen LogP contribution is -2.11. The van der Waals surface area contributed by atoms with Crippen molar-refractivity contribution in [2.24, 2.45) is 21.1 Å². The molecule has 0 fully saturated rings. The molecule has 4 heterocycles. The van der Waals surface area contributed by atoms with E-state index in [9.17, 15) is 4.79 Å². The number of ether oxygens (including phenoxy) is 2. The molecule has 7 rings (SSSR count). The van der Waals surface area contributed by atoms with Crippen molar-refractivity contribution in [1.29, 1.82) is 0 Å². The summed E-state index contributed by atoms with van der Waals surface area (Å²) in [6, 6.07) is 18.8. The van der Waals surface area contributed by atoms with Crippen LogP contribution < -0.4 is 4.74 Å². The van der Waals surface area contributed by atoms with Crippen LogP contribution in [0.3, 0.4) is 0 Å². The monoisotopic (exact) mass is 685 g/mol. The van der Waals surface area contributed by atoms with E-state index in [4.69, 9.17) is 31.3 Å². The Balaban J connectivity index is 1.37. The van der Waals surface area contributed by atoms with Gasteiger partial charge in [-0.15, -0.1) is 23.5 Å². The zero-order chi connectivity index (χ0) is 32.8. The third-order valence-corrected chi connectivity index (χ3v) is 11.3. The summed E-state index contributed by atoms with van der Waals surface area (Å²) in [6.45, 7) is 2.56. The number of benzene rings is 3. The summed E-state index contributed by atoms with van der Waals surface area (Å²) >= 11 is 10.6. The minimum atomic E-state index is -0.375. The Morgan fingerprint density at radius 1 is 0.957 bits per heavy atom. The van der Waals surface area contributed by atoms with Crippen LogP contribution in [0.25, 0.3) is 32.8 Å². The maximum Gasteiger partial charge on any atom is 0.354 e. The molecule has 3 aromatic heterocycles. The lowest BCUT2D eigenvalue weighted by Gasteiger charge is -2.12. The van der Waals surface area contributed by atoms with E-state index < -0.39 is 0 Å². The highest BCUT2D eigenvalue weighted by atomic mass is 35.5. The fourth-order valence-corrected chi connectivity index (χ4v) is 8.70. The minimum absolute atomic E-state index is 0.375. The van der Waals surface area contributed by atoms with E-state index in [1.807, 2.05) is 53.3 Å². The first-order valence-corrected chi connectivity index (χ1v) is 18.1. The SMILES string of the molecule is COC(=O)c1c2c3ccc(Cl)c(c3n1C)-c1c(nn(C)c1C)CSCc1cc(n(C)n1)CSc1cc(c3ccccc3c1)OCCC2. The molecule has 0 unspecified atom stereocenters. The van der Waals surface area contributed by atoms with Crippen molar-refractivity contribution >= 4 is 62.8 Å². The van der Waals surface area contributed by atoms with Crippen molar-refractivity contribution in [3.8, 4) is 16.9 Å². The van der Waals surface area contributed by atoms with Gasteiger partial charge in [0, 0.05) is 76.6 Å². The number of methoxy groups -OCH3 is 1. The van der Waals surface area contributed by atoms with E-state index in [0.717, 1.165) is 77.6 Å². The molecule has 1 aliphatic rings. The number of hydrogen-bond donors (Lipinski definition) is 0. The van der Waals surface area contributed by atoms with Gasteiger partial charge in [0.15, 0.2) is 0 Å². The van der Waals surface area contributed by atoms with Crippen molar-refractivity contribution in [3.05, 3.63) is 93.7 Å². The Morgan fingerprint density at radius 2 is 1.79 bits per heavy atom. The number of halogens is 1. The molecule has 0 aliphatic carbocycles. The van der Waals surface area contributed by atoms with Crippen LogP contribution in [0.2, 0.25) is 5.02 Å². The van der Waals surface area contributed by atoms with Gasteiger partial charge in [0.2, 0.25) is 0 Å². The van der Waals surface area contributed by atoms with Crippen molar-refractivity contribution in [3.63, 3.8) is 0 Å². The highest BCUT2D eigenvalue weighted by Gasteiger charge is 2.28. The maximum absolute atomic E-state index is 13.3. The Morgan fingerprint density at radius 3 is 2.62 bits per heavy atom. The zero-order valence-corrected chi connectivity index (χ0v) is 29.5. The third kappa shape index (κ3) is 5.81. The lowest BCUT2D eigenvalue weighted by molar-refractivity contribution is 0.0589. The Bertz CT molecular complexity index is 2170. The number of thioether (sulfide) groups is 2. The van der Waals surface area contributed by atoms with Crippen molar-refractivity contribution in [2.45, 2.75) is 41.9 Å². The van der Waals surface area contributed by atoms with E-state index in [1.165, 1.54) is 12.8 Å². The van der Waals surface area contributed by atoms with Crippen LogP contribution in [0.5, 0.6) is 5.75 Å². The molecule has 0 spiro atoms. The molecule has 3 aromatic carbocycles. The van der Waals surface area contributed by atoms with Gasteiger partial charge in [0.05, 0.1) is 35.6 Å². The van der Waals surface area contributed by atoms with Crippen molar-refractivity contribution < 1.29 is 14.3 Å². The number of nitrogens with zero attached hydrogens (tertiary/aromatic N) is 5. The largest absolute Gasteiger partial charge is 0.493 e. The molecule has 6 aromatic rings. The quantitative estimate of drug-likeness (QED) is 0.161. The molecule has 11 heteroatoms. The van der Waals surface area contributed by atoms with Crippen LogP contribution in [-0.2, 0) is 49.6 Å². The first-order valence-electron chi connectivity index (χ1n) is 15.5. The van der Waals surface area contributed by atoms with Gasteiger partial charge in [0.1, 0.15) is 11.4 Å². The number of esters is 1. The summed E-state index contributed by atoms with van der Waals surface area (Å²) in [4.78, 5) is 14.5. The number of carbonyl (C=O) groups excluding carboxylic acids is 1. The highest BCUT2D eigenvalue weighted by molar-refractivity contribution is 7.98. The number of hydrogen-bond acceptors (Lipinski definition) is 7. The molecule has 47 heavy (non-hydrogen) atoms. The first-order chi connectivity index (χ1) is 22.7. The summed E-state index contributed by atoms with van der Waals surface area (Å²) in [5.41, 5.74) is 8.39.